The highest BCUT2D eigenvalue weighted by Crippen LogP contribution is 2.28. The summed E-state index contributed by atoms with van der Waals surface area (Å²) in [6, 6.07) is 8.70. The van der Waals surface area contributed by atoms with E-state index in [1.807, 2.05) is 0 Å². The third-order valence-electron chi connectivity index (χ3n) is 4.47. The second kappa shape index (κ2) is 10.4. The number of hydrogen-bond acceptors (Lipinski definition) is 7. The summed E-state index contributed by atoms with van der Waals surface area (Å²) in [4.78, 5) is 3.16. The normalized spacial score (nSPS) is 15.0. The molecule has 0 amide bonds. The number of halogens is 2. The van der Waals surface area contributed by atoms with Crippen LogP contribution in [-0.2, 0) is 26.2 Å². The van der Waals surface area contributed by atoms with Gasteiger partial charge in [0.15, 0.2) is 9.84 Å². The number of likely N-dealkylation sites (tertiary alicyclic amines) is 1. The highest BCUT2D eigenvalue weighted by atomic mass is 35.5. The molecule has 0 radical (unpaired) electrons. The smallest absolute Gasteiger partial charge is 0.215 e. The van der Waals surface area contributed by atoms with Gasteiger partial charge in [-0.25, -0.2) is 16.8 Å². The molecule has 2 heterocycles. The Morgan fingerprint density at radius 2 is 1.46 bits per heavy atom. The van der Waals surface area contributed by atoms with Gasteiger partial charge in [0.2, 0.25) is 9.84 Å². The maximum absolute atomic E-state index is 12.6. The zero-order chi connectivity index (χ0) is 18.8. The van der Waals surface area contributed by atoms with E-state index in [-0.39, 0.29) is 51.1 Å². The topological polar surface area (TPSA) is 97.5 Å². The van der Waals surface area contributed by atoms with Crippen LogP contribution in [0.2, 0.25) is 0 Å². The minimum absolute atomic E-state index is 0. The summed E-state index contributed by atoms with van der Waals surface area (Å²) in [6.45, 7) is 2.68. The van der Waals surface area contributed by atoms with E-state index < -0.39 is 19.7 Å². The third-order valence-corrected chi connectivity index (χ3v) is 9.55. The lowest BCUT2D eigenvalue weighted by Gasteiger charge is -2.14. The zero-order valence-electron chi connectivity index (χ0n) is 15.1. The summed E-state index contributed by atoms with van der Waals surface area (Å²) in [6.07, 6.45) is 2.22. The molecule has 0 unspecified atom stereocenters. The highest BCUT2D eigenvalue weighted by molar-refractivity contribution is 7.93. The Morgan fingerprint density at radius 3 is 2.00 bits per heavy atom. The van der Waals surface area contributed by atoms with Crippen LogP contribution in [0.4, 0.5) is 0 Å². The Labute approximate surface area is 182 Å². The Kier molecular flexibility index (Phi) is 9.40. The van der Waals surface area contributed by atoms with Crippen LogP contribution < -0.4 is 5.73 Å². The first-order valence-corrected chi connectivity index (χ1v) is 12.4. The quantitative estimate of drug-likeness (QED) is 0.645. The Hall–Kier alpha value is -0.680. The molecule has 1 fully saturated rings. The molecule has 28 heavy (non-hydrogen) atoms. The lowest BCUT2D eigenvalue weighted by Crippen LogP contribution is -2.26. The number of sulfone groups is 2. The van der Waals surface area contributed by atoms with E-state index in [2.05, 4.69) is 4.90 Å². The van der Waals surface area contributed by atoms with Gasteiger partial charge >= 0.3 is 0 Å². The number of thiophene rings is 1. The van der Waals surface area contributed by atoms with Gasteiger partial charge in [-0.15, -0.1) is 36.2 Å². The molecule has 1 aliphatic rings. The van der Waals surface area contributed by atoms with Crippen molar-refractivity contribution < 1.29 is 16.8 Å². The number of rotatable bonds is 7. The molecule has 0 bridgehead atoms. The molecule has 3 rings (SSSR count). The number of benzene rings is 1. The van der Waals surface area contributed by atoms with E-state index in [9.17, 15) is 16.8 Å². The second-order valence-corrected chi connectivity index (χ2v) is 11.7. The first-order valence-electron chi connectivity index (χ1n) is 8.42. The number of hydrogen-bond donors (Lipinski definition) is 1. The average molecular weight is 487 g/mol. The van der Waals surface area contributed by atoms with Crippen molar-refractivity contribution in [3.8, 4) is 0 Å². The van der Waals surface area contributed by atoms with Crippen molar-refractivity contribution in [3.63, 3.8) is 0 Å². The predicted molar refractivity (Wildman–Crippen MR) is 116 cm³/mol. The monoisotopic (exact) mass is 486 g/mol. The van der Waals surface area contributed by atoms with Gasteiger partial charge in [0.05, 0.1) is 15.5 Å². The van der Waals surface area contributed by atoms with E-state index in [1.165, 1.54) is 30.3 Å². The van der Waals surface area contributed by atoms with Crippen LogP contribution >= 0.6 is 36.2 Å². The van der Waals surface area contributed by atoms with Gasteiger partial charge in [0.25, 0.3) is 0 Å². The molecule has 2 aromatic rings. The van der Waals surface area contributed by atoms with Crippen LogP contribution in [0.15, 0.2) is 50.4 Å². The average Bonchev–Trinajstić information content (AvgIpc) is 3.32. The van der Waals surface area contributed by atoms with Gasteiger partial charge in [-0.3, -0.25) is 0 Å². The highest BCUT2D eigenvalue weighted by Gasteiger charge is 2.22. The largest absolute Gasteiger partial charge is 0.326 e. The summed E-state index contributed by atoms with van der Waals surface area (Å²) < 4.78 is 50.4. The second-order valence-electron chi connectivity index (χ2n) is 6.27. The van der Waals surface area contributed by atoms with Crippen LogP contribution in [0.1, 0.15) is 17.7 Å². The molecular weight excluding hydrogens is 463 g/mol. The van der Waals surface area contributed by atoms with Crippen molar-refractivity contribution in [2.45, 2.75) is 33.4 Å². The summed E-state index contributed by atoms with van der Waals surface area (Å²) in [7, 11) is -7.08. The molecule has 1 saturated heterocycles. The van der Waals surface area contributed by atoms with Gasteiger partial charge in [-0.1, -0.05) is 0 Å². The predicted octanol–water partition coefficient (Wildman–Crippen LogP) is 2.75. The lowest BCUT2D eigenvalue weighted by atomic mass is 10.4. The van der Waals surface area contributed by atoms with Crippen molar-refractivity contribution in [1.29, 1.82) is 0 Å². The lowest BCUT2D eigenvalue weighted by molar-refractivity contribution is 0.359. The molecule has 6 nitrogen and oxygen atoms in total. The van der Waals surface area contributed by atoms with Crippen molar-refractivity contribution in [2.24, 2.45) is 5.73 Å². The molecule has 0 aliphatic carbocycles. The minimum atomic E-state index is -3.66. The number of nitrogens with zero attached hydrogens (tertiary/aromatic N) is 1. The van der Waals surface area contributed by atoms with Gasteiger partial charge in [0.1, 0.15) is 4.21 Å². The van der Waals surface area contributed by atoms with Gasteiger partial charge in [-0.2, -0.15) is 0 Å². The van der Waals surface area contributed by atoms with E-state index in [4.69, 9.17) is 5.73 Å². The van der Waals surface area contributed by atoms with Crippen molar-refractivity contribution >= 4 is 55.8 Å². The molecule has 1 aromatic heterocycles. The summed E-state index contributed by atoms with van der Waals surface area (Å²) in [5.74, 6) is 0.0455. The summed E-state index contributed by atoms with van der Waals surface area (Å²) in [5, 5.41) is 0. The van der Waals surface area contributed by atoms with E-state index in [0.717, 1.165) is 42.1 Å². The van der Waals surface area contributed by atoms with Gasteiger partial charge in [-0.05, 0) is 62.3 Å². The fourth-order valence-corrected chi connectivity index (χ4v) is 6.85. The Balaban J connectivity index is 0.00000196. The minimum Gasteiger partial charge on any atom is -0.326 e. The number of nitrogens with two attached hydrogens (primary N) is 1. The molecule has 1 aliphatic heterocycles. The van der Waals surface area contributed by atoms with Crippen LogP contribution in [0.3, 0.4) is 0 Å². The van der Waals surface area contributed by atoms with Crippen LogP contribution in [0.25, 0.3) is 0 Å². The molecule has 2 N–H and O–H groups in total. The van der Waals surface area contributed by atoms with E-state index in [1.54, 1.807) is 6.07 Å². The first kappa shape index (κ1) is 25.4. The van der Waals surface area contributed by atoms with Gasteiger partial charge < -0.3 is 10.6 Å². The maximum Gasteiger partial charge on any atom is 0.215 e. The van der Waals surface area contributed by atoms with Crippen LogP contribution in [-0.4, -0.2) is 47.1 Å². The molecule has 1 aromatic carbocycles. The van der Waals surface area contributed by atoms with E-state index in [0.29, 0.717) is 6.54 Å². The Bertz CT molecular complexity index is 968. The molecule has 158 valence electrons. The van der Waals surface area contributed by atoms with Crippen molar-refractivity contribution in [2.75, 3.05) is 25.4 Å². The molecule has 11 heteroatoms. The molecule has 0 saturated carbocycles. The summed E-state index contributed by atoms with van der Waals surface area (Å²) in [5.41, 5.74) is 5.53. The van der Waals surface area contributed by atoms with Crippen molar-refractivity contribution in [3.05, 3.63) is 41.3 Å². The van der Waals surface area contributed by atoms with Crippen LogP contribution in [0, 0.1) is 0 Å². The molecule has 0 atom stereocenters. The van der Waals surface area contributed by atoms with Gasteiger partial charge in [0, 0.05) is 18.0 Å². The zero-order valence-corrected chi connectivity index (χ0v) is 19.2. The Morgan fingerprint density at radius 1 is 0.893 bits per heavy atom. The summed E-state index contributed by atoms with van der Waals surface area (Å²) >= 11 is 1.13. The first-order chi connectivity index (χ1) is 12.3. The van der Waals surface area contributed by atoms with Crippen LogP contribution in [0.5, 0.6) is 0 Å². The SMILES string of the molecule is Cl.Cl.NCc1ccc(S(=O)(=O)c2ccc(S(=O)(=O)CCN3CCCC3)cc2)s1. The molecular formula is C17H24Cl2N2O4S3. The van der Waals surface area contributed by atoms with E-state index >= 15 is 0 Å². The maximum atomic E-state index is 12.6. The van der Waals surface area contributed by atoms with Crippen molar-refractivity contribution in [1.82, 2.24) is 4.90 Å². The standard InChI is InChI=1S/C17H22N2O4S3.2ClH/c18-13-14-3-8-17(24-14)26(22,23)16-6-4-15(5-7-16)25(20,21)12-11-19-9-1-2-10-19;;/h3-8H,1-2,9-13,18H2;2*1H. The third kappa shape index (κ3) is 5.69. The fourth-order valence-electron chi connectivity index (χ4n) is 2.93. The fraction of sp³-hybridized carbons (Fsp3) is 0.412. The molecule has 0 spiro atoms.